The summed E-state index contributed by atoms with van der Waals surface area (Å²) in [6.07, 6.45) is 13.3. The molecule has 15 heavy (non-hydrogen) atoms. The zero-order valence-corrected chi connectivity index (χ0v) is 10.8. The lowest BCUT2D eigenvalue weighted by Crippen LogP contribution is -1.88. The Morgan fingerprint density at radius 3 is 2.27 bits per heavy atom. The van der Waals surface area contributed by atoms with Gasteiger partial charge in [0.25, 0.3) is 0 Å². The third-order valence-electron chi connectivity index (χ3n) is 2.19. The molecule has 0 aliphatic heterocycles. The Hall–Kier alpha value is -1.04. The van der Waals surface area contributed by atoms with E-state index < -0.39 is 0 Å². The fraction of sp³-hybridized carbons (Fsp3) is 0.467. The van der Waals surface area contributed by atoms with Crippen LogP contribution in [0, 0.1) is 0 Å². The van der Waals surface area contributed by atoms with E-state index in [-0.39, 0.29) is 0 Å². The molecule has 0 amide bonds. The van der Waals surface area contributed by atoms with Crippen molar-refractivity contribution >= 4 is 0 Å². The molecule has 0 heterocycles. The summed E-state index contributed by atoms with van der Waals surface area (Å²) in [6, 6.07) is 0. The molecule has 0 saturated heterocycles. The molecule has 0 N–H and O–H groups in total. The van der Waals surface area contributed by atoms with Gasteiger partial charge in [0, 0.05) is 0 Å². The van der Waals surface area contributed by atoms with Gasteiger partial charge >= 0.3 is 0 Å². The summed E-state index contributed by atoms with van der Waals surface area (Å²) in [6.45, 7) is 10.4. The van der Waals surface area contributed by atoms with Gasteiger partial charge in [0.1, 0.15) is 0 Å². The molecule has 0 saturated carbocycles. The predicted octanol–water partition coefficient (Wildman–Crippen LogP) is 5.20. The highest BCUT2D eigenvalue weighted by atomic mass is 14.1. The van der Waals surface area contributed by atoms with E-state index in [1.165, 1.54) is 29.6 Å². The highest BCUT2D eigenvalue weighted by molar-refractivity contribution is 5.36. The first-order valence-electron chi connectivity index (χ1n) is 5.88. The lowest BCUT2D eigenvalue weighted by Gasteiger charge is -2.08. The second-order valence-electron chi connectivity index (χ2n) is 3.75. The highest BCUT2D eigenvalue weighted by Crippen LogP contribution is 2.19. The first-order chi connectivity index (χ1) is 7.20. The molecule has 0 heteroatoms. The van der Waals surface area contributed by atoms with Gasteiger partial charge in [0.15, 0.2) is 0 Å². The molecule has 0 aromatic rings. The van der Waals surface area contributed by atoms with Gasteiger partial charge in [0.05, 0.1) is 0 Å². The van der Waals surface area contributed by atoms with Crippen LogP contribution in [0.5, 0.6) is 0 Å². The zero-order chi connectivity index (χ0) is 11.7. The number of hydrogen-bond donors (Lipinski definition) is 0. The maximum atomic E-state index is 2.22. The van der Waals surface area contributed by atoms with Crippen molar-refractivity contribution in [3.8, 4) is 0 Å². The van der Waals surface area contributed by atoms with Gasteiger partial charge in [-0.25, -0.2) is 0 Å². The molecule has 0 aromatic heterocycles. The SMILES string of the molecule is CC.CC(C)=C/C=C(\C)C1=CC=CCC1. The van der Waals surface area contributed by atoms with E-state index in [0.29, 0.717) is 0 Å². The second-order valence-corrected chi connectivity index (χ2v) is 3.75. The van der Waals surface area contributed by atoms with Gasteiger partial charge in [-0.1, -0.05) is 49.8 Å². The average Bonchev–Trinajstić information content (AvgIpc) is 2.30. The van der Waals surface area contributed by atoms with E-state index in [2.05, 4.69) is 51.2 Å². The Morgan fingerprint density at radius 2 is 1.80 bits per heavy atom. The highest BCUT2D eigenvalue weighted by Gasteiger charge is 1.99. The van der Waals surface area contributed by atoms with Crippen LogP contribution in [0.4, 0.5) is 0 Å². The number of allylic oxidation sites excluding steroid dienone is 8. The maximum absolute atomic E-state index is 2.22. The minimum absolute atomic E-state index is 1.19. The topological polar surface area (TPSA) is 0 Å². The minimum atomic E-state index is 1.19. The van der Waals surface area contributed by atoms with E-state index in [4.69, 9.17) is 0 Å². The van der Waals surface area contributed by atoms with Crippen molar-refractivity contribution in [3.05, 3.63) is 47.1 Å². The van der Waals surface area contributed by atoms with Crippen LogP contribution in [0.15, 0.2) is 47.1 Å². The van der Waals surface area contributed by atoms with Crippen LogP contribution in [0.25, 0.3) is 0 Å². The molecule has 0 aromatic carbocycles. The molecule has 1 aliphatic rings. The summed E-state index contributed by atoms with van der Waals surface area (Å²) in [5, 5.41) is 0. The Morgan fingerprint density at radius 1 is 1.13 bits per heavy atom. The monoisotopic (exact) mass is 204 g/mol. The minimum Gasteiger partial charge on any atom is -0.0842 e. The summed E-state index contributed by atoms with van der Waals surface area (Å²) in [4.78, 5) is 0. The molecule has 0 nitrogen and oxygen atoms in total. The molecule has 0 unspecified atom stereocenters. The summed E-state index contributed by atoms with van der Waals surface area (Å²) >= 11 is 0. The number of hydrogen-bond acceptors (Lipinski definition) is 0. The molecule has 1 rings (SSSR count). The lowest BCUT2D eigenvalue weighted by molar-refractivity contribution is 0.968. The normalized spacial score (nSPS) is 15.0. The molecule has 0 atom stereocenters. The van der Waals surface area contributed by atoms with Crippen molar-refractivity contribution in [2.75, 3.05) is 0 Å². The van der Waals surface area contributed by atoms with Crippen molar-refractivity contribution in [1.29, 1.82) is 0 Å². The van der Waals surface area contributed by atoms with Crippen molar-refractivity contribution in [2.24, 2.45) is 0 Å². The molecular weight excluding hydrogens is 180 g/mol. The maximum Gasteiger partial charge on any atom is -0.0241 e. The van der Waals surface area contributed by atoms with Crippen molar-refractivity contribution in [1.82, 2.24) is 0 Å². The van der Waals surface area contributed by atoms with Gasteiger partial charge in [-0.2, -0.15) is 0 Å². The van der Waals surface area contributed by atoms with Crippen LogP contribution in [-0.2, 0) is 0 Å². The number of rotatable bonds is 2. The Kier molecular flexibility index (Phi) is 7.71. The average molecular weight is 204 g/mol. The van der Waals surface area contributed by atoms with Gasteiger partial charge in [-0.3, -0.25) is 0 Å². The first kappa shape index (κ1) is 14.0. The van der Waals surface area contributed by atoms with Crippen molar-refractivity contribution in [3.63, 3.8) is 0 Å². The molecule has 0 fully saturated rings. The van der Waals surface area contributed by atoms with Crippen LogP contribution in [0.2, 0.25) is 0 Å². The summed E-state index contributed by atoms with van der Waals surface area (Å²) < 4.78 is 0. The first-order valence-corrected chi connectivity index (χ1v) is 5.88. The van der Waals surface area contributed by atoms with Crippen LogP contribution >= 0.6 is 0 Å². The van der Waals surface area contributed by atoms with Gasteiger partial charge in [-0.15, -0.1) is 0 Å². The standard InChI is InChI=1S/C13H18.C2H6/c1-11(2)9-10-12(3)13-7-5-4-6-8-13;1-2/h4-5,7,9-10H,6,8H2,1-3H3;1-2H3/b12-10+;. The lowest BCUT2D eigenvalue weighted by atomic mass is 9.98. The van der Waals surface area contributed by atoms with E-state index in [1.807, 2.05) is 13.8 Å². The van der Waals surface area contributed by atoms with Crippen LogP contribution in [0.1, 0.15) is 47.5 Å². The van der Waals surface area contributed by atoms with Gasteiger partial charge in [0.2, 0.25) is 0 Å². The van der Waals surface area contributed by atoms with Crippen molar-refractivity contribution in [2.45, 2.75) is 47.5 Å². The fourth-order valence-corrected chi connectivity index (χ4v) is 1.33. The summed E-state index contributed by atoms with van der Waals surface area (Å²) in [5.74, 6) is 0. The van der Waals surface area contributed by atoms with Crippen LogP contribution < -0.4 is 0 Å². The zero-order valence-electron chi connectivity index (χ0n) is 10.8. The third kappa shape index (κ3) is 6.11. The van der Waals surface area contributed by atoms with E-state index in [1.54, 1.807) is 0 Å². The summed E-state index contributed by atoms with van der Waals surface area (Å²) in [7, 11) is 0. The molecular formula is C15H24. The van der Waals surface area contributed by atoms with Crippen LogP contribution in [-0.4, -0.2) is 0 Å². The van der Waals surface area contributed by atoms with E-state index in [0.717, 1.165) is 0 Å². The molecule has 0 spiro atoms. The Balaban J connectivity index is 0.000000921. The third-order valence-corrected chi connectivity index (χ3v) is 2.19. The molecule has 1 aliphatic carbocycles. The molecule has 84 valence electrons. The molecule has 0 bridgehead atoms. The Labute approximate surface area is 95.1 Å². The van der Waals surface area contributed by atoms with Gasteiger partial charge < -0.3 is 0 Å². The second kappa shape index (κ2) is 8.28. The molecule has 0 radical (unpaired) electrons. The van der Waals surface area contributed by atoms with E-state index in [9.17, 15) is 0 Å². The summed E-state index contributed by atoms with van der Waals surface area (Å²) in [5.41, 5.74) is 4.22. The predicted molar refractivity (Wildman–Crippen MR) is 71.0 cm³/mol. The smallest absolute Gasteiger partial charge is 0.0241 e. The largest absolute Gasteiger partial charge is 0.0842 e. The van der Waals surface area contributed by atoms with Gasteiger partial charge in [-0.05, 0) is 44.8 Å². The van der Waals surface area contributed by atoms with Crippen LogP contribution in [0.3, 0.4) is 0 Å². The van der Waals surface area contributed by atoms with E-state index >= 15 is 0 Å². The fourth-order valence-electron chi connectivity index (χ4n) is 1.33. The Bertz CT molecular complexity index is 281. The quantitative estimate of drug-likeness (QED) is 0.542. The van der Waals surface area contributed by atoms with Crippen molar-refractivity contribution < 1.29 is 0 Å².